The first-order valence-corrected chi connectivity index (χ1v) is 3.38. The maximum absolute atomic E-state index is 10.7. The molecule has 1 atom stereocenters. The summed E-state index contributed by atoms with van der Waals surface area (Å²) in [5.74, 6) is -1.11. The number of nitrogens with zero attached hydrogens (tertiary/aromatic N) is 1. The van der Waals surface area contributed by atoms with Crippen molar-refractivity contribution in [1.82, 2.24) is 5.43 Å². The molecule has 0 radical (unpaired) electrons. The summed E-state index contributed by atoms with van der Waals surface area (Å²) in [6, 6.07) is 0. The molecule has 0 bridgehead atoms. The Bertz CT molecular complexity index is 255. The van der Waals surface area contributed by atoms with E-state index in [1.165, 1.54) is 6.08 Å². The zero-order valence-corrected chi connectivity index (χ0v) is 6.23. The third-order valence-electron chi connectivity index (χ3n) is 1.69. The molecule has 0 aromatic heterocycles. The molecule has 0 aromatic rings. The normalized spacial score (nSPS) is 26.7. The standard InChI is InChI=1S/C7H8N2O3/c10-6(11)7(8-9-12)4-2-1-3-5-7/h1-4H,5H2,(H,8,12)(H,10,11). The minimum Gasteiger partial charge on any atom is -0.479 e. The Balaban J connectivity index is 2.87. The summed E-state index contributed by atoms with van der Waals surface area (Å²) in [6.45, 7) is 0. The van der Waals surface area contributed by atoms with Crippen LogP contribution in [-0.4, -0.2) is 16.6 Å². The van der Waals surface area contributed by atoms with Crippen LogP contribution in [0.2, 0.25) is 0 Å². The van der Waals surface area contributed by atoms with E-state index in [9.17, 15) is 9.70 Å². The van der Waals surface area contributed by atoms with E-state index in [0.29, 0.717) is 0 Å². The highest BCUT2D eigenvalue weighted by Gasteiger charge is 2.35. The van der Waals surface area contributed by atoms with Crippen LogP contribution in [0.1, 0.15) is 6.42 Å². The number of allylic oxidation sites excluding steroid dienone is 2. The molecule has 0 fully saturated rings. The van der Waals surface area contributed by atoms with Crippen LogP contribution in [0.5, 0.6) is 0 Å². The Morgan fingerprint density at radius 3 is 2.75 bits per heavy atom. The molecule has 1 aliphatic carbocycles. The van der Waals surface area contributed by atoms with Crippen molar-refractivity contribution in [1.29, 1.82) is 0 Å². The van der Waals surface area contributed by atoms with Crippen LogP contribution in [0.25, 0.3) is 0 Å². The maximum Gasteiger partial charge on any atom is 0.335 e. The topological polar surface area (TPSA) is 78.8 Å². The Morgan fingerprint density at radius 2 is 2.33 bits per heavy atom. The smallest absolute Gasteiger partial charge is 0.335 e. The van der Waals surface area contributed by atoms with E-state index in [1.807, 2.05) is 5.43 Å². The van der Waals surface area contributed by atoms with Gasteiger partial charge in [0.15, 0.2) is 5.54 Å². The van der Waals surface area contributed by atoms with Gasteiger partial charge in [0.25, 0.3) is 0 Å². The van der Waals surface area contributed by atoms with Crippen molar-refractivity contribution in [3.05, 3.63) is 29.2 Å². The molecule has 1 aliphatic rings. The molecule has 0 saturated carbocycles. The van der Waals surface area contributed by atoms with Crippen LogP contribution in [0.15, 0.2) is 29.6 Å². The van der Waals surface area contributed by atoms with Crippen molar-refractivity contribution in [3.8, 4) is 0 Å². The van der Waals surface area contributed by atoms with Crippen LogP contribution >= 0.6 is 0 Å². The fourth-order valence-electron chi connectivity index (χ4n) is 0.991. The van der Waals surface area contributed by atoms with E-state index < -0.39 is 11.5 Å². The quantitative estimate of drug-likeness (QED) is 0.477. The van der Waals surface area contributed by atoms with Gasteiger partial charge in [0.1, 0.15) is 0 Å². The number of carbonyl (C=O) groups is 1. The third kappa shape index (κ3) is 1.34. The second-order valence-corrected chi connectivity index (χ2v) is 2.47. The molecule has 5 nitrogen and oxygen atoms in total. The lowest BCUT2D eigenvalue weighted by atomic mass is 9.92. The highest BCUT2D eigenvalue weighted by molar-refractivity contribution is 5.82. The zero-order chi connectivity index (χ0) is 9.03. The summed E-state index contributed by atoms with van der Waals surface area (Å²) in [4.78, 5) is 20.6. The average molecular weight is 168 g/mol. The Morgan fingerprint density at radius 1 is 1.58 bits per heavy atom. The first-order valence-electron chi connectivity index (χ1n) is 3.38. The van der Waals surface area contributed by atoms with Gasteiger partial charge in [-0.3, -0.25) is 5.43 Å². The molecule has 0 aromatic carbocycles. The monoisotopic (exact) mass is 168 g/mol. The van der Waals surface area contributed by atoms with E-state index in [2.05, 4.69) is 5.29 Å². The first-order chi connectivity index (χ1) is 5.71. The zero-order valence-electron chi connectivity index (χ0n) is 6.23. The molecular weight excluding hydrogens is 160 g/mol. The lowest BCUT2D eigenvalue weighted by Gasteiger charge is -2.23. The number of nitrogens with one attached hydrogen (secondary N) is 1. The van der Waals surface area contributed by atoms with E-state index in [-0.39, 0.29) is 6.42 Å². The van der Waals surface area contributed by atoms with Gasteiger partial charge in [-0.25, -0.2) is 4.79 Å². The van der Waals surface area contributed by atoms with Gasteiger partial charge >= 0.3 is 5.97 Å². The van der Waals surface area contributed by atoms with E-state index >= 15 is 0 Å². The van der Waals surface area contributed by atoms with E-state index in [1.54, 1.807) is 18.2 Å². The number of nitroso groups, excluding NO2 is 1. The van der Waals surface area contributed by atoms with Crippen LogP contribution in [0, 0.1) is 4.91 Å². The summed E-state index contributed by atoms with van der Waals surface area (Å²) >= 11 is 0. The molecule has 0 saturated heterocycles. The van der Waals surface area contributed by atoms with Crippen molar-refractivity contribution in [2.45, 2.75) is 12.0 Å². The van der Waals surface area contributed by atoms with Crippen molar-refractivity contribution in [2.24, 2.45) is 5.29 Å². The highest BCUT2D eigenvalue weighted by atomic mass is 16.4. The van der Waals surface area contributed by atoms with Gasteiger partial charge in [0.05, 0.1) is 5.29 Å². The largest absolute Gasteiger partial charge is 0.479 e. The van der Waals surface area contributed by atoms with Crippen molar-refractivity contribution in [3.63, 3.8) is 0 Å². The second-order valence-electron chi connectivity index (χ2n) is 2.47. The lowest BCUT2D eigenvalue weighted by Crippen LogP contribution is -2.48. The summed E-state index contributed by atoms with van der Waals surface area (Å²) in [5, 5.41) is 11.2. The Labute approximate surface area is 68.7 Å². The number of carboxylic acid groups (broad SMARTS) is 1. The fourth-order valence-corrected chi connectivity index (χ4v) is 0.991. The summed E-state index contributed by atoms with van der Waals surface area (Å²) < 4.78 is 0. The minimum atomic E-state index is -1.35. The highest BCUT2D eigenvalue weighted by Crippen LogP contribution is 2.17. The molecule has 1 unspecified atom stereocenters. The molecule has 0 aliphatic heterocycles. The number of carboxylic acids is 1. The molecule has 64 valence electrons. The van der Waals surface area contributed by atoms with Gasteiger partial charge in [-0.1, -0.05) is 18.2 Å². The second kappa shape index (κ2) is 3.17. The predicted octanol–water partition coefficient (Wildman–Crippen LogP) is 0.597. The van der Waals surface area contributed by atoms with Gasteiger partial charge in [0.2, 0.25) is 0 Å². The summed E-state index contributed by atoms with van der Waals surface area (Å²) in [7, 11) is 0. The van der Waals surface area contributed by atoms with E-state index in [0.717, 1.165) is 0 Å². The number of hydrogen-bond acceptors (Lipinski definition) is 3. The molecule has 5 heteroatoms. The Hall–Kier alpha value is -1.65. The van der Waals surface area contributed by atoms with Crippen molar-refractivity contribution < 1.29 is 9.90 Å². The van der Waals surface area contributed by atoms with Gasteiger partial charge in [-0.05, 0) is 6.08 Å². The molecular formula is C7H8N2O3. The van der Waals surface area contributed by atoms with Gasteiger partial charge in [-0.15, -0.1) is 4.91 Å². The van der Waals surface area contributed by atoms with Gasteiger partial charge < -0.3 is 5.11 Å². The summed E-state index contributed by atoms with van der Waals surface area (Å²) in [6.07, 6.45) is 6.57. The molecule has 2 N–H and O–H groups in total. The lowest BCUT2D eigenvalue weighted by molar-refractivity contribution is -0.142. The maximum atomic E-state index is 10.7. The third-order valence-corrected chi connectivity index (χ3v) is 1.69. The van der Waals surface area contributed by atoms with Gasteiger partial charge in [0, 0.05) is 6.42 Å². The van der Waals surface area contributed by atoms with Crippen LogP contribution < -0.4 is 5.43 Å². The molecule has 12 heavy (non-hydrogen) atoms. The average Bonchev–Trinajstić information content (AvgIpc) is 2.06. The van der Waals surface area contributed by atoms with Crippen LogP contribution in [0.4, 0.5) is 0 Å². The number of aliphatic carboxylic acids is 1. The first kappa shape index (κ1) is 8.45. The number of hydrogen-bond donors (Lipinski definition) is 2. The Kier molecular flexibility index (Phi) is 2.23. The molecule has 1 rings (SSSR count). The fraction of sp³-hybridized carbons (Fsp3) is 0.286. The van der Waals surface area contributed by atoms with E-state index in [4.69, 9.17) is 5.11 Å². The molecule has 0 heterocycles. The molecule has 0 spiro atoms. The SMILES string of the molecule is O=NNC1(C(=O)O)C=CC=CC1. The summed E-state index contributed by atoms with van der Waals surface area (Å²) in [5.41, 5.74) is 0.679. The van der Waals surface area contributed by atoms with Crippen LogP contribution in [0.3, 0.4) is 0 Å². The van der Waals surface area contributed by atoms with Gasteiger partial charge in [-0.2, -0.15) is 0 Å². The van der Waals surface area contributed by atoms with Crippen LogP contribution in [-0.2, 0) is 4.79 Å². The molecule has 0 amide bonds. The number of rotatable bonds is 3. The predicted molar refractivity (Wildman–Crippen MR) is 42.2 cm³/mol. The minimum absolute atomic E-state index is 0.227. The van der Waals surface area contributed by atoms with Crippen molar-refractivity contribution >= 4 is 5.97 Å². The van der Waals surface area contributed by atoms with Crippen molar-refractivity contribution in [2.75, 3.05) is 0 Å².